The molecule has 0 spiro atoms. The highest BCUT2D eigenvalue weighted by Crippen LogP contribution is 2.37. The van der Waals surface area contributed by atoms with Crippen molar-refractivity contribution in [2.75, 3.05) is 6.61 Å². The van der Waals surface area contributed by atoms with Gasteiger partial charge >= 0.3 is 6.18 Å². The fourth-order valence-electron chi connectivity index (χ4n) is 2.51. The Labute approximate surface area is 145 Å². The first kappa shape index (κ1) is 17.7. The first-order chi connectivity index (χ1) is 12.3. The minimum atomic E-state index is -4.85. The van der Waals surface area contributed by atoms with Crippen LogP contribution in [0.2, 0.25) is 0 Å². The minimum absolute atomic E-state index is 0.00738. The maximum Gasteiger partial charge on any atom is 0.450 e. The number of ether oxygens (including phenoxy) is 1. The molecule has 0 atom stereocenters. The summed E-state index contributed by atoms with van der Waals surface area (Å²) in [6.45, 7) is 1.08. The summed E-state index contributed by atoms with van der Waals surface area (Å²) < 4.78 is 50.7. The van der Waals surface area contributed by atoms with Crippen LogP contribution in [0.5, 0.6) is 5.75 Å². The SMILES string of the molecule is CC(=O)COc1ccc2c(=O)c(-c3ccccc3)c(C(F)(F)F)oc2c1. The molecule has 3 rings (SSSR count). The smallest absolute Gasteiger partial charge is 0.450 e. The van der Waals surface area contributed by atoms with Gasteiger partial charge in [-0.25, -0.2) is 0 Å². The molecule has 7 heteroatoms. The Morgan fingerprint density at radius 2 is 1.81 bits per heavy atom. The van der Waals surface area contributed by atoms with Gasteiger partial charge in [0.1, 0.15) is 17.9 Å². The van der Waals surface area contributed by atoms with Gasteiger partial charge in [-0.2, -0.15) is 13.2 Å². The summed E-state index contributed by atoms with van der Waals surface area (Å²) >= 11 is 0. The molecule has 4 nitrogen and oxygen atoms in total. The van der Waals surface area contributed by atoms with Crippen molar-refractivity contribution in [3.63, 3.8) is 0 Å². The zero-order valence-corrected chi connectivity index (χ0v) is 13.6. The van der Waals surface area contributed by atoms with Crippen molar-refractivity contribution < 1.29 is 27.1 Å². The summed E-state index contributed by atoms with van der Waals surface area (Å²) in [5, 5.41) is -0.00738. The Hall–Kier alpha value is -3.09. The fraction of sp³-hybridized carbons (Fsp3) is 0.158. The molecule has 0 N–H and O–H groups in total. The summed E-state index contributed by atoms with van der Waals surface area (Å²) in [6, 6.07) is 11.4. The largest absolute Gasteiger partial charge is 0.486 e. The lowest BCUT2D eigenvalue weighted by Gasteiger charge is -2.13. The molecule has 26 heavy (non-hydrogen) atoms. The van der Waals surface area contributed by atoms with Gasteiger partial charge in [0.25, 0.3) is 0 Å². The standard InChI is InChI=1S/C19H13F3O4/c1-11(23)10-25-13-7-8-14-15(9-13)26-18(19(20,21)22)16(17(14)24)12-5-3-2-4-6-12/h2-9H,10H2,1H3. The fourth-order valence-corrected chi connectivity index (χ4v) is 2.51. The van der Waals surface area contributed by atoms with E-state index in [1.54, 1.807) is 6.07 Å². The number of fused-ring (bicyclic) bond motifs is 1. The van der Waals surface area contributed by atoms with Crippen molar-refractivity contribution in [3.05, 3.63) is 64.5 Å². The van der Waals surface area contributed by atoms with Gasteiger partial charge in [-0.05, 0) is 24.6 Å². The van der Waals surface area contributed by atoms with Crippen LogP contribution < -0.4 is 10.2 Å². The molecule has 0 fully saturated rings. The van der Waals surface area contributed by atoms with Crippen LogP contribution in [0.1, 0.15) is 12.7 Å². The van der Waals surface area contributed by atoms with Gasteiger partial charge in [0, 0.05) is 6.07 Å². The molecule has 0 amide bonds. The molecular weight excluding hydrogens is 349 g/mol. The van der Waals surface area contributed by atoms with Crippen LogP contribution in [0.15, 0.2) is 57.7 Å². The molecule has 0 saturated heterocycles. The molecule has 3 aromatic rings. The summed E-state index contributed by atoms with van der Waals surface area (Å²) in [4.78, 5) is 23.7. The molecule has 0 radical (unpaired) electrons. The number of carbonyl (C=O) groups is 1. The van der Waals surface area contributed by atoms with Gasteiger partial charge in [-0.1, -0.05) is 30.3 Å². The number of hydrogen-bond donors (Lipinski definition) is 0. The van der Waals surface area contributed by atoms with Crippen LogP contribution in [-0.4, -0.2) is 12.4 Å². The topological polar surface area (TPSA) is 56.5 Å². The third-order valence-electron chi connectivity index (χ3n) is 3.63. The van der Waals surface area contributed by atoms with Gasteiger partial charge < -0.3 is 9.15 Å². The number of ketones is 1. The van der Waals surface area contributed by atoms with E-state index in [1.807, 2.05) is 0 Å². The third-order valence-corrected chi connectivity index (χ3v) is 3.63. The Morgan fingerprint density at radius 3 is 2.42 bits per heavy atom. The molecule has 0 unspecified atom stereocenters. The van der Waals surface area contributed by atoms with E-state index in [9.17, 15) is 22.8 Å². The number of rotatable bonds is 4. The summed E-state index contributed by atoms with van der Waals surface area (Å²) in [5.74, 6) is -1.48. The van der Waals surface area contributed by atoms with Crippen LogP contribution in [-0.2, 0) is 11.0 Å². The first-order valence-electron chi connectivity index (χ1n) is 7.63. The molecule has 0 bridgehead atoms. The zero-order valence-electron chi connectivity index (χ0n) is 13.6. The van der Waals surface area contributed by atoms with E-state index in [1.165, 1.54) is 49.4 Å². The van der Waals surface area contributed by atoms with E-state index in [0.29, 0.717) is 0 Å². The maximum absolute atomic E-state index is 13.5. The lowest BCUT2D eigenvalue weighted by Crippen LogP contribution is -2.16. The second-order valence-corrected chi connectivity index (χ2v) is 5.65. The van der Waals surface area contributed by atoms with Crippen LogP contribution >= 0.6 is 0 Å². The molecular formula is C19H13F3O4. The number of Topliss-reactive ketones (excluding diaryl/α,β-unsaturated/α-hetero) is 1. The van der Waals surface area contributed by atoms with E-state index in [4.69, 9.17) is 9.15 Å². The number of hydrogen-bond acceptors (Lipinski definition) is 4. The van der Waals surface area contributed by atoms with Gasteiger partial charge in [0.15, 0.2) is 5.78 Å². The second kappa shape index (κ2) is 6.67. The number of benzene rings is 2. The van der Waals surface area contributed by atoms with Crippen molar-refractivity contribution in [2.24, 2.45) is 0 Å². The van der Waals surface area contributed by atoms with Gasteiger partial charge in [0.05, 0.1) is 10.9 Å². The highest BCUT2D eigenvalue weighted by Gasteiger charge is 2.39. The predicted molar refractivity (Wildman–Crippen MR) is 89.1 cm³/mol. The van der Waals surface area contributed by atoms with Crippen LogP contribution in [0.4, 0.5) is 13.2 Å². The first-order valence-corrected chi connectivity index (χ1v) is 7.63. The van der Waals surface area contributed by atoms with Gasteiger partial charge in [-0.3, -0.25) is 9.59 Å². The van der Waals surface area contributed by atoms with Gasteiger partial charge in [0.2, 0.25) is 11.2 Å². The van der Waals surface area contributed by atoms with Crippen LogP contribution in [0.3, 0.4) is 0 Å². The number of alkyl halides is 3. The van der Waals surface area contributed by atoms with Crippen molar-refractivity contribution in [1.29, 1.82) is 0 Å². The molecule has 0 aliphatic carbocycles. The molecule has 0 aliphatic heterocycles. The van der Waals surface area contributed by atoms with Gasteiger partial charge in [-0.15, -0.1) is 0 Å². The lowest BCUT2D eigenvalue weighted by atomic mass is 10.0. The average molecular weight is 362 g/mol. The van der Waals surface area contributed by atoms with Crippen molar-refractivity contribution in [1.82, 2.24) is 0 Å². The summed E-state index contributed by atoms with van der Waals surface area (Å²) in [7, 11) is 0. The van der Waals surface area contributed by atoms with Crippen LogP contribution in [0, 0.1) is 0 Å². The Balaban J connectivity index is 2.25. The van der Waals surface area contributed by atoms with E-state index in [-0.39, 0.29) is 34.7 Å². The van der Waals surface area contributed by atoms with Crippen LogP contribution in [0.25, 0.3) is 22.1 Å². The maximum atomic E-state index is 13.5. The zero-order chi connectivity index (χ0) is 18.9. The molecule has 0 saturated carbocycles. The van der Waals surface area contributed by atoms with E-state index >= 15 is 0 Å². The van der Waals surface area contributed by atoms with E-state index in [2.05, 4.69) is 0 Å². The van der Waals surface area contributed by atoms with Crippen molar-refractivity contribution in [2.45, 2.75) is 13.1 Å². The monoisotopic (exact) mass is 362 g/mol. The highest BCUT2D eigenvalue weighted by molar-refractivity contribution is 5.84. The van der Waals surface area contributed by atoms with Crippen molar-refractivity contribution in [3.8, 4) is 16.9 Å². The minimum Gasteiger partial charge on any atom is -0.486 e. The Bertz CT molecular complexity index is 1020. The Morgan fingerprint density at radius 1 is 1.12 bits per heavy atom. The highest BCUT2D eigenvalue weighted by atomic mass is 19.4. The quantitative estimate of drug-likeness (QED) is 0.688. The normalized spacial score (nSPS) is 11.5. The van der Waals surface area contributed by atoms with Crippen molar-refractivity contribution >= 4 is 16.8 Å². The number of halogens is 3. The molecule has 1 aromatic heterocycles. The predicted octanol–water partition coefficient (Wildman–Crippen LogP) is 4.45. The Kier molecular flexibility index (Phi) is 4.54. The molecule has 134 valence electrons. The molecule has 0 aliphatic rings. The van der Waals surface area contributed by atoms with E-state index in [0.717, 1.165) is 0 Å². The van der Waals surface area contributed by atoms with E-state index < -0.39 is 22.9 Å². The lowest BCUT2D eigenvalue weighted by molar-refractivity contribution is -0.152. The molecule has 2 aromatic carbocycles. The summed E-state index contributed by atoms with van der Waals surface area (Å²) in [5.41, 5.74) is -1.47. The molecule has 1 heterocycles. The number of carbonyl (C=O) groups excluding carboxylic acids is 1. The summed E-state index contributed by atoms with van der Waals surface area (Å²) in [6.07, 6.45) is -4.85. The average Bonchev–Trinajstić information content (AvgIpc) is 2.59. The second-order valence-electron chi connectivity index (χ2n) is 5.65. The third kappa shape index (κ3) is 3.46.